The topological polar surface area (TPSA) is 50.2 Å². The number of aryl methyl sites for hydroxylation is 2. The molecule has 0 fully saturated rings. The number of ketones is 1. The van der Waals surface area contributed by atoms with Gasteiger partial charge >= 0.3 is 0 Å². The fraction of sp³-hybridized carbons (Fsp3) is 0.455. The average Bonchev–Trinajstić information content (AvgIpc) is 2.87. The minimum absolute atomic E-state index is 0. The Morgan fingerprint density at radius 3 is 2.19 bits per heavy atom. The number of aromatic nitrogens is 1. The molecule has 3 nitrogen and oxygen atoms in total. The number of nitrogens with zero attached hydrogens (tertiary/aromatic N) is 1. The van der Waals surface area contributed by atoms with Crippen molar-refractivity contribution in [3.63, 3.8) is 0 Å². The molecule has 1 heterocycles. The summed E-state index contributed by atoms with van der Waals surface area (Å²) in [6.07, 6.45) is 4.92. The van der Waals surface area contributed by atoms with Gasteiger partial charge in [0, 0.05) is 44.2 Å². The largest absolute Gasteiger partial charge is 0.512 e. The second-order valence-corrected chi connectivity index (χ2v) is 9.91. The number of aliphatic hydroxyl groups is 1. The molecule has 0 amide bonds. The van der Waals surface area contributed by atoms with Crippen molar-refractivity contribution < 1.29 is 32.7 Å². The van der Waals surface area contributed by atoms with Gasteiger partial charge in [0.15, 0.2) is 5.78 Å². The van der Waals surface area contributed by atoms with Gasteiger partial charge in [0.25, 0.3) is 0 Å². The van der Waals surface area contributed by atoms with Crippen LogP contribution in [0.15, 0.2) is 54.4 Å². The summed E-state index contributed by atoms with van der Waals surface area (Å²) < 4.78 is 16.3. The summed E-state index contributed by atoms with van der Waals surface area (Å²) in [6.45, 7) is 16.4. The summed E-state index contributed by atoms with van der Waals surface area (Å²) in [4.78, 5) is 16.1. The first-order valence-electron chi connectivity index (χ1n) is 14.3. The zero-order valence-electron chi connectivity index (χ0n) is 25.7. The molecule has 4 heteroatoms. The van der Waals surface area contributed by atoms with Crippen LogP contribution in [-0.4, -0.2) is 15.9 Å². The van der Waals surface area contributed by atoms with Crippen molar-refractivity contribution in [3.05, 3.63) is 77.1 Å². The number of allylic oxidation sites excluding steroid dienone is 2. The van der Waals surface area contributed by atoms with Gasteiger partial charge in [0.05, 0.1) is 8.50 Å². The summed E-state index contributed by atoms with van der Waals surface area (Å²) in [6, 6.07) is 13.8. The molecule has 0 bridgehead atoms. The van der Waals surface area contributed by atoms with Crippen LogP contribution in [0.3, 0.4) is 0 Å². The number of hydrogen-bond donors (Lipinski definition) is 1. The quantitative estimate of drug-likeness (QED) is 0.139. The van der Waals surface area contributed by atoms with Crippen molar-refractivity contribution in [3.8, 4) is 11.3 Å². The minimum atomic E-state index is 0. The van der Waals surface area contributed by atoms with Gasteiger partial charge in [-0.1, -0.05) is 73.6 Å². The van der Waals surface area contributed by atoms with Crippen LogP contribution in [-0.2, 0) is 24.9 Å². The third-order valence-corrected chi connectivity index (χ3v) is 6.81. The van der Waals surface area contributed by atoms with Crippen LogP contribution in [0, 0.1) is 31.7 Å². The number of rotatable bonds is 9. The van der Waals surface area contributed by atoms with E-state index in [4.69, 9.17) is 2.74 Å². The molecule has 0 unspecified atom stereocenters. The molecule has 0 aliphatic carbocycles. The van der Waals surface area contributed by atoms with Gasteiger partial charge < -0.3 is 10.1 Å². The van der Waals surface area contributed by atoms with Crippen LogP contribution in [0.1, 0.15) is 92.6 Å². The number of hydrogen-bond acceptors (Lipinski definition) is 3. The van der Waals surface area contributed by atoms with Crippen molar-refractivity contribution >= 4 is 16.6 Å². The molecule has 203 valence electrons. The van der Waals surface area contributed by atoms with Gasteiger partial charge in [0.2, 0.25) is 0 Å². The van der Waals surface area contributed by atoms with E-state index in [0.717, 1.165) is 58.8 Å². The molecule has 0 spiro atoms. The first-order valence-corrected chi connectivity index (χ1v) is 13.3. The normalized spacial score (nSPS) is 12.2. The van der Waals surface area contributed by atoms with E-state index in [-0.39, 0.29) is 55.7 Å². The van der Waals surface area contributed by atoms with Crippen LogP contribution >= 0.6 is 0 Å². The SMILES string of the molecule is CCC(CC)C(=O)/C=C(\O)C(CC)CC.[2H]c1nc(-c2[c-]c(C)cc(C)c2)c2ccc(C(C)C)cc2c1[2H].[Ir]. The van der Waals surface area contributed by atoms with Gasteiger partial charge in [-0.3, -0.25) is 4.79 Å². The van der Waals surface area contributed by atoms with E-state index < -0.39 is 0 Å². The molecule has 2 aromatic carbocycles. The standard InChI is InChI=1S/C20H20N.C13H24O2.Ir/c1-13(2)16-5-6-19-17(12-16)7-8-21-20(19)18-10-14(3)9-15(4)11-18;1-5-10(6-2)12(14)9-13(15)11(7-3)8-4;/h5-10,12-13H,1-4H3;9-11,14H,5-8H2,1-4H3;/q-1;;/b;12-9-;/i7D,8D;;. The van der Waals surface area contributed by atoms with Gasteiger partial charge in [-0.15, -0.1) is 34.9 Å². The molecule has 0 aliphatic heterocycles. The summed E-state index contributed by atoms with van der Waals surface area (Å²) >= 11 is 0. The molecular weight excluding hydrogens is 635 g/mol. The van der Waals surface area contributed by atoms with Crippen LogP contribution < -0.4 is 0 Å². The summed E-state index contributed by atoms with van der Waals surface area (Å²) in [5.41, 5.74) is 5.00. The summed E-state index contributed by atoms with van der Waals surface area (Å²) in [5.74, 6) is 0.934. The maximum Gasteiger partial charge on any atom is 0.162 e. The fourth-order valence-corrected chi connectivity index (χ4v) is 4.44. The van der Waals surface area contributed by atoms with E-state index >= 15 is 0 Å². The van der Waals surface area contributed by atoms with Gasteiger partial charge in [-0.05, 0) is 59.7 Å². The Morgan fingerprint density at radius 1 is 1.03 bits per heavy atom. The maximum absolute atomic E-state index is 11.7. The van der Waals surface area contributed by atoms with Crippen molar-refractivity contribution in [1.82, 2.24) is 4.98 Å². The van der Waals surface area contributed by atoms with Gasteiger partial charge in [-0.25, -0.2) is 0 Å². The molecule has 3 aromatic rings. The molecule has 1 radical (unpaired) electrons. The fourth-order valence-electron chi connectivity index (χ4n) is 4.44. The number of carbonyl (C=O) groups excluding carboxylic acids is 1. The van der Waals surface area contributed by atoms with E-state index in [1.807, 2.05) is 59.7 Å². The van der Waals surface area contributed by atoms with Crippen molar-refractivity contribution in [2.45, 2.75) is 87.0 Å². The molecule has 0 saturated heterocycles. The number of benzene rings is 2. The Kier molecular flexibility index (Phi) is 12.5. The Balaban J connectivity index is 0.000000418. The molecule has 37 heavy (non-hydrogen) atoms. The Labute approximate surface area is 241 Å². The van der Waals surface area contributed by atoms with Crippen molar-refractivity contribution in [2.24, 2.45) is 11.8 Å². The Bertz CT molecular complexity index is 1260. The third-order valence-electron chi connectivity index (χ3n) is 6.81. The molecule has 0 atom stereocenters. The third kappa shape index (κ3) is 9.20. The van der Waals surface area contributed by atoms with E-state index in [9.17, 15) is 9.90 Å². The van der Waals surface area contributed by atoms with Gasteiger partial charge in [-0.2, -0.15) is 0 Å². The van der Waals surface area contributed by atoms with Crippen LogP contribution in [0.4, 0.5) is 0 Å². The van der Waals surface area contributed by atoms with Crippen LogP contribution in [0.5, 0.6) is 0 Å². The second kappa shape index (κ2) is 15.8. The van der Waals surface area contributed by atoms with Crippen LogP contribution in [0.2, 0.25) is 0 Å². The first-order chi connectivity index (χ1) is 18.0. The summed E-state index contributed by atoms with van der Waals surface area (Å²) in [7, 11) is 0. The van der Waals surface area contributed by atoms with E-state index in [1.54, 1.807) is 0 Å². The number of carbonyl (C=O) groups is 1. The van der Waals surface area contributed by atoms with E-state index in [0.29, 0.717) is 5.92 Å². The second-order valence-electron chi connectivity index (χ2n) is 9.91. The molecule has 3 rings (SSSR count). The maximum atomic E-state index is 11.7. The molecule has 0 saturated carbocycles. The average molecular weight is 681 g/mol. The zero-order valence-corrected chi connectivity index (χ0v) is 26.1. The minimum Gasteiger partial charge on any atom is -0.512 e. The molecular formula is C33H44IrNO2-. The molecule has 0 aliphatic rings. The first kappa shape index (κ1) is 29.3. The van der Waals surface area contributed by atoms with E-state index in [1.165, 1.54) is 11.6 Å². The molecule has 1 N–H and O–H groups in total. The van der Waals surface area contributed by atoms with E-state index in [2.05, 4.69) is 37.0 Å². The van der Waals surface area contributed by atoms with Crippen LogP contribution in [0.25, 0.3) is 22.0 Å². The monoisotopic (exact) mass is 681 g/mol. The zero-order chi connectivity index (χ0) is 28.6. The Hall–Kier alpha value is -2.29. The predicted molar refractivity (Wildman–Crippen MR) is 153 cm³/mol. The number of aliphatic hydroxyl groups excluding tert-OH is 1. The summed E-state index contributed by atoms with van der Waals surface area (Å²) in [5, 5.41) is 11.5. The number of pyridine rings is 1. The predicted octanol–water partition coefficient (Wildman–Crippen LogP) is 9.31. The van der Waals surface area contributed by atoms with Gasteiger partial charge in [0.1, 0.15) is 0 Å². The smallest absolute Gasteiger partial charge is 0.162 e. The molecule has 1 aromatic heterocycles. The van der Waals surface area contributed by atoms with Crippen molar-refractivity contribution in [1.29, 1.82) is 0 Å². The Morgan fingerprint density at radius 2 is 1.65 bits per heavy atom. The number of fused-ring (bicyclic) bond motifs is 1. The van der Waals surface area contributed by atoms with Crippen molar-refractivity contribution in [2.75, 3.05) is 0 Å².